The average molecular weight is 387 g/mol. The molecule has 5 nitrogen and oxygen atoms in total. The van der Waals surface area contributed by atoms with E-state index in [0.717, 1.165) is 26.7 Å². The highest BCUT2D eigenvalue weighted by Crippen LogP contribution is 2.41. The maximum Gasteiger partial charge on any atom is 0.268 e. The maximum absolute atomic E-state index is 13.6. The third-order valence-corrected chi connectivity index (χ3v) is 6.58. The van der Waals surface area contributed by atoms with Crippen LogP contribution in [0.2, 0.25) is 0 Å². The molecule has 0 amide bonds. The van der Waals surface area contributed by atoms with Crippen molar-refractivity contribution in [1.29, 1.82) is 0 Å². The molecule has 0 bridgehead atoms. The highest BCUT2D eigenvalue weighted by atomic mass is 32.2. The van der Waals surface area contributed by atoms with Crippen molar-refractivity contribution in [3.05, 3.63) is 71.2 Å². The van der Waals surface area contributed by atoms with Gasteiger partial charge in [0.05, 0.1) is 24.3 Å². The number of aliphatic hydroxyl groups excluding tert-OH is 1. The Morgan fingerprint density at radius 1 is 1.15 bits per heavy atom. The first-order chi connectivity index (χ1) is 13.0. The monoisotopic (exact) mass is 387 g/mol. The van der Waals surface area contributed by atoms with Gasteiger partial charge in [-0.2, -0.15) is 0 Å². The lowest BCUT2D eigenvalue weighted by Crippen LogP contribution is -2.16. The fraction of sp³-hybridized carbons (Fsp3) is 0.200. The molecule has 27 heavy (non-hydrogen) atoms. The van der Waals surface area contributed by atoms with E-state index < -0.39 is 15.8 Å². The van der Waals surface area contributed by atoms with Crippen LogP contribution in [-0.2, 0) is 29.5 Å². The van der Waals surface area contributed by atoms with Gasteiger partial charge in [0, 0.05) is 22.9 Å². The number of rotatable bonds is 4. The van der Waals surface area contributed by atoms with Gasteiger partial charge in [0.1, 0.15) is 11.6 Å². The van der Waals surface area contributed by atoms with Crippen LogP contribution in [0.5, 0.6) is 5.75 Å². The quantitative estimate of drug-likeness (QED) is 0.747. The number of benzene rings is 2. The molecule has 2 aromatic carbocycles. The first-order valence-corrected chi connectivity index (χ1v) is 9.92. The first kappa shape index (κ1) is 17.8. The van der Waals surface area contributed by atoms with E-state index in [2.05, 4.69) is 0 Å². The third kappa shape index (κ3) is 2.74. The summed E-state index contributed by atoms with van der Waals surface area (Å²) in [5, 5.41) is 9.74. The molecule has 0 aliphatic heterocycles. The number of aromatic nitrogens is 1. The summed E-state index contributed by atoms with van der Waals surface area (Å²) in [6.45, 7) is -0.271. The van der Waals surface area contributed by atoms with Crippen LogP contribution in [0.15, 0.2) is 53.6 Å². The second-order valence-corrected chi connectivity index (χ2v) is 8.20. The largest absolute Gasteiger partial charge is 0.496 e. The van der Waals surface area contributed by atoms with E-state index in [0.29, 0.717) is 29.8 Å². The maximum atomic E-state index is 13.6. The van der Waals surface area contributed by atoms with Crippen molar-refractivity contribution in [3.8, 4) is 17.0 Å². The molecule has 3 aromatic rings. The Balaban J connectivity index is 2.01. The normalized spacial score (nSPS) is 13.1. The molecular weight excluding hydrogens is 369 g/mol. The Morgan fingerprint density at radius 2 is 1.89 bits per heavy atom. The van der Waals surface area contributed by atoms with Crippen molar-refractivity contribution in [1.82, 2.24) is 3.97 Å². The highest BCUT2D eigenvalue weighted by Gasteiger charge is 2.30. The standard InChI is InChI=1S/C20H18FNO4S/c1-26-19-7-3-6-18-17(19)9-8-16-13(12-23)11-22(20(16)18)27(24,25)15-5-2-4-14(21)10-15/h2-7,10-11,23H,8-9,12H2,1H3. The smallest absolute Gasteiger partial charge is 0.268 e. The predicted molar refractivity (Wildman–Crippen MR) is 98.7 cm³/mol. The summed E-state index contributed by atoms with van der Waals surface area (Å²) in [6.07, 6.45) is 2.70. The van der Waals surface area contributed by atoms with Crippen molar-refractivity contribution in [2.45, 2.75) is 24.3 Å². The van der Waals surface area contributed by atoms with Gasteiger partial charge in [-0.3, -0.25) is 0 Å². The zero-order valence-electron chi connectivity index (χ0n) is 14.6. The summed E-state index contributed by atoms with van der Waals surface area (Å²) in [6, 6.07) is 10.4. The molecule has 4 rings (SSSR count). The minimum atomic E-state index is -4.03. The van der Waals surface area contributed by atoms with Crippen LogP contribution in [0.25, 0.3) is 11.3 Å². The van der Waals surface area contributed by atoms with Gasteiger partial charge in [0.15, 0.2) is 0 Å². The van der Waals surface area contributed by atoms with Crippen molar-refractivity contribution >= 4 is 10.0 Å². The van der Waals surface area contributed by atoms with Crippen LogP contribution >= 0.6 is 0 Å². The van der Waals surface area contributed by atoms with Crippen LogP contribution in [0.3, 0.4) is 0 Å². The SMILES string of the molecule is COc1cccc2c1CCc1c(CO)cn(S(=O)(=O)c3cccc(F)c3)c1-2. The fourth-order valence-electron chi connectivity index (χ4n) is 3.68. The van der Waals surface area contributed by atoms with Gasteiger partial charge in [-0.05, 0) is 42.7 Å². The van der Waals surface area contributed by atoms with E-state index in [-0.39, 0.29) is 11.5 Å². The van der Waals surface area contributed by atoms with Gasteiger partial charge in [-0.15, -0.1) is 0 Å². The minimum absolute atomic E-state index is 0.139. The molecule has 0 radical (unpaired) electrons. The van der Waals surface area contributed by atoms with E-state index in [9.17, 15) is 17.9 Å². The van der Waals surface area contributed by atoms with Gasteiger partial charge in [0.25, 0.3) is 10.0 Å². The van der Waals surface area contributed by atoms with Gasteiger partial charge >= 0.3 is 0 Å². The van der Waals surface area contributed by atoms with Gasteiger partial charge in [0.2, 0.25) is 0 Å². The van der Waals surface area contributed by atoms with Crippen molar-refractivity contribution in [2.75, 3.05) is 7.11 Å². The zero-order chi connectivity index (χ0) is 19.2. The molecule has 0 spiro atoms. The summed E-state index contributed by atoms with van der Waals surface area (Å²) >= 11 is 0. The molecule has 1 aliphatic rings. The molecular formula is C20H18FNO4S. The average Bonchev–Trinajstić information content (AvgIpc) is 3.07. The zero-order valence-corrected chi connectivity index (χ0v) is 15.5. The molecule has 0 atom stereocenters. The number of methoxy groups -OCH3 is 1. The van der Waals surface area contributed by atoms with Crippen LogP contribution < -0.4 is 4.74 Å². The van der Waals surface area contributed by atoms with Crippen molar-refractivity contribution < 1.29 is 22.7 Å². The number of aliphatic hydroxyl groups is 1. The number of ether oxygens (including phenoxy) is 1. The molecule has 0 unspecified atom stereocenters. The number of hydrogen-bond acceptors (Lipinski definition) is 4. The Labute approximate surface area is 156 Å². The first-order valence-electron chi connectivity index (χ1n) is 8.48. The number of hydrogen-bond donors (Lipinski definition) is 1. The molecule has 7 heteroatoms. The van der Waals surface area contributed by atoms with E-state index >= 15 is 0 Å². The minimum Gasteiger partial charge on any atom is -0.496 e. The molecule has 0 saturated heterocycles. The van der Waals surface area contributed by atoms with E-state index in [4.69, 9.17) is 4.74 Å². The van der Waals surface area contributed by atoms with Crippen LogP contribution in [-0.4, -0.2) is 24.6 Å². The molecule has 1 N–H and O–H groups in total. The summed E-state index contributed by atoms with van der Waals surface area (Å²) in [4.78, 5) is -0.139. The van der Waals surface area contributed by atoms with E-state index in [1.807, 2.05) is 12.1 Å². The lowest BCUT2D eigenvalue weighted by molar-refractivity contribution is 0.281. The topological polar surface area (TPSA) is 68.5 Å². The van der Waals surface area contributed by atoms with Gasteiger partial charge in [-0.1, -0.05) is 18.2 Å². The summed E-state index contributed by atoms with van der Waals surface area (Å²) in [5.41, 5.74) is 3.52. The highest BCUT2D eigenvalue weighted by molar-refractivity contribution is 7.90. The summed E-state index contributed by atoms with van der Waals surface area (Å²) in [5.74, 6) is 0.0705. The molecule has 1 aromatic heterocycles. The number of halogens is 1. The molecule has 1 aliphatic carbocycles. The Bertz CT molecular complexity index is 1130. The Kier molecular flexibility index (Phi) is 4.28. The van der Waals surface area contributed by atoms with E-state index in [1.54, 1.807) is 13.2 Å². The Hall–Kier alpha value is -2.64. The lowest BCUT2D eigenvalue weighted by Gasteiger charge is -2.22. The van der Waals surface area contributed by atoms with Crippen LogP contribution in [0, 0.1) is 5.82 Å². The second kappa shape index (κ2) is 6.51. The van der Waals surface area contributed by atoms with Crippen LogP contribution in [0.4, 0.5) is 4.39 Å². The lowest BCUT2D eigenvalue weighted by atomic mass is 9.88. The molecule has 1 heterocycles. The molecule has 140 valence electrons. The second-order valence-electron chi connectivity index (χ2n) is 6.38. The fourth-order valence-corrected chi connectivity index (χ4v) is 5.14. The molecule has 0 fully saturated rings. The van der Waals surface area contributed by atoms with Crippen molar-refractivity contribution in [3.63, 3.8) is 0 Å². The molecule has 0 saturated carbocycles. The van der Waals surface area contributed by atoms with E-state index in [1.165, 1.54) is 24.4 Å². The third-order valence-electron chi connectivity index (χ3n) is 4.92. The number of nitrogens with zero attached hydrogens (tertiary/aromatic N) is 1. The summed E-state index contributed by atoms with van der Waals surface area (Å²) in [7, 11) is -2.45. The van der Waals surface area contributed by atoms with Crippen LogP contribution in [0.1, 0.15) is 16.7 Å². The number of fused-ring (bicyclic) bond motifs is 3. The summed E-state index contributed by atoms with van der Waals surface area (Å²) < 4.78 is 46.7. The van der Waals surface area contributed by atoms with Gasteiger partial charge in [-0.25, -0.2) is 16.8 Å². The Morgan fingerprint density at radius 3 is 2.59 bits per heavy atom. The van der Waals surface area contributed by atoms with Crippen molar-refractivity contribution in [2.24, 2.45) is 0 Å². The predicted octanol–water partition coefficient (Wildman–Crippen LogP) is 3.13. The van der Waals surface area contributed by atoms with Gasteiger partial charge < -0.3 is 9.84 Å².